The summed E-state index contributed by atoms with van der Waals surface area (Å²) in [4.78, 5) is 10.2. The molecule has 1 aliphatic rings. The first-order chi connectivity index (χ1) is 7.30. The van der Waals surface area contributed by atoms with Gasteiger partial charge in [-0.05, 0) is 18.6 Å². The average Bonchev–Trinajstić information content (AvgIpc) is 2.33. The fraction of sp³-hybridized carbons (Fsp3) is 0.385. The predicted molar refractivity (Wildman–Crippen MR) is 60.8 cm³/mol. The molecule has 1 N–H and O–H groups in total. The maximum atomic E-state index is 10.2. The molecule has 2 nitrogen and oxygen atoms in total. The van der Waals surface area contributed by atoms with Crippen molar-refractivity contribution in [2.75, 3.05) is 0 Å². The first-order valence-electron chi connectivity index (χ1n) is 5.40. The summed E-state index contributed by atoms with van der Waals surface area (Å²) in [5.41, 5.74) is 0.331. The Morgan fingerprint density at radius 1 is 1.00 bits per heavy atom. The Labute approximate surface area is 90.9 Å². The van der Waals surface area contributed by atoms with E-state index in [1.807, 2.05) is 0 Å². The van der Waals surface area contributed by atoms with Crippen LogP contribution in [0.2, 0.25) is 0 Å². The zero-order valence-electron chi connectivity index (χ0n) is 8.86. The van der Waals surface area contributed by atoms with Crippen molar-refractivity contribution in [1.29, 1.82) is 0 Å². The third-order valence-corrected chi connectivity index (χ3v) is 2.34. The van der Waals surface area contributed by atoms with Crippen LogP contribution < -0.4 is 0 Å². The molecule has 0 heterocycles. The van der Waals surface area contributed by atoms with E-state index in [-0.39, 0.29) is 0 Å². The number of hydrogen-bond acceptors (Lipinski definition) is 1. The number of carbonyl (C=O) groups is 1. The van der Waals surface area contributed by atoms with Crippen molar-refractivity contribution in [1.82, 2.24) is 0 Å². The van der Waals surface area contributed by atoms with Crippen molar-refractivity contribution in [3.63, 3.8) is 0 Å². The van der Waals surface area contributed by atoms with Crippen LogP contribution in [0.1, 0.15) is 42.5 Å². The Bertz CT molecular complexity index is 264. The number of carboxylic acids is 1. The fourth-order valence-electron chi connectivity index (χ4n) is 1.48. The van der Waals surface area contributed by atoms with Gasteiger partial charge in [0.2, 0.25) is 0 Å². The van der Waals surface area contributed by atoms with Gasteiger partial charge in [0, 0.05) is 0 Å². The van der Waals surface area contributed by atoms with Crippen LogP contribution in [0.4, 0.5) is 0 Å². The first-order valence-corrected chi connectivity index (χ1v) is 5.40. The van der Waals surface area contributed by atoms with E-state index in [0.29, 0.717) is 5.56 Å². The largest absolute Gasteiger partial charge is 0.478 e. The van der Waals surface area contributed by atoms with Crippen LogP contribution in [0.15, 0.2) is 30.3 Å². The molecule has 1 radical (unpaired) electrons. The van der Waals surface area contributed by atoms with Gasteiger partial charge in [0.25, 0.3) is 0 Å². The smallest absolute Gasteiger partial charge is 0.335 e. The highest BCUT2D eigenvalue weighted by Crippen LogP contribution is 2.14. The Hall–Kier alpha value is -1.31. The number of aromatic carboxylic acids is 1. The summed E-state index contributed by atoms with van der Waals surface area (Å²) in [5.74, 6) is -0.879. The van der Waals surface area contributed by atoms with Crippen molar-refractivity contribution in [3.05, 3.63) is 42.3 Å². The van der Waals surface area contributed by atoms with E-state index in [4.69, 9.17) is 5.11 Å². The van der Waals surface area contributed by atoms with E-state index in [1.54, 1.807) is 30.3 Å². The van der Waals surface area contributed by atoms with E-state index < -0.39 is 5.97 Å². The molecule has 0 spiro atoms. The predicted octanol–water partition coefficient (Wildman–Crippen LogP) is 3.54. The molecule has 81 valence electrons. The second kappa shape index (κ2) is 7.04. The molecule has 1 aromatic rings. The van der Waals surface area contributed by atoms with Crippen LogP contribution in [-0.4, -0.2) is 11.1 Å². The van der Waals surface area contributed by atoms with Gasteiger partial charge in [-0.1, -0.05) is 50.3 Å². The van der Waals surface area contributed by atoms with Gasteiger partial charge in [0.15, 0.2) is 0 Å². The Morgan fingerprint density at radius 3 is 1.87 bits per heavy atom. The minimum absolute atomic E-state index is 0.331. The summed E-state index contributed by atoms with van der Waals surface area (Å²) in [5, 5.41) is 8.38. The Morgan fingerprint density at radius 2 is 1.60 bits per heavy atom. The molecule has 0 bridgehead atoms. The highest BCUT2D eigenvalue weighted by molar-refractivity contribution is 5.87. The molecule has 0 saturated heterocycles. The van der Waals surface area contributed by atoms with E-state index in [0.717, 1.165) is 0 Å². The number of carboxylic acid groups (broad SMARTS) is 1. The number of hydrogen-bond donors (Lipinski definition) is 1. The van der Waals surface area contributed by atoms with Gasteiger partial charge < -0.3 is 5.11 Å². The molecule has 1 aromatic carbocycles. The second-order valence-electron chi connectivity index (χ2n) is 3.60. The lowest BCUT2D eigenvalue weighted by Gasteiger charge is -2.05. The van der Waals surface area contributed by atoms with Crippen LogP contribution in [0.25, 0.3) is 0 Å². The molecular weight excluding hydrogens is 188 g/mol. The molecule has 0 unspecified atom stereocenters. The maximum Gasteiger partial charge on any atom is 0.335 e. The zero-order valence-corrected chi connectivity index (χ0v) is 8.86. The van der Waals surface area contributed by atoms with Gasteiger partial charge >= 0.3 is 5.97 Å². The van der Waals surface area contributed by atoms with Crippen LogP contribution in [0.3, 0.4) is 0 Å². The Kier molecular flexibility index (Phi) is 5.52. The molecule has 0 atom stereocenters. The number of benzene rings is 1. The molecule has 1 aliphatic carbocycles. The lowest BCUT2D eigenvalue weighted by Crippen LogP contribution is -1.93. The molecule has 1 saturated carbocycles. The van der Waals surface area contributed by atoms with Crippen molar-refractivity contribution < 1.29 is 9.90 Å². The van der Waals surface area contributed by atoms with Gasteiger partial charge in [-0.25, -0.2) is 4.79 Å². The molecule has 2 heteroatoms. The SMILES string of the molecule is O=C(O)c1ccccc1.[CH]1CCCCC1. The molecule has 0 aromatic heterocycles. The van der Waals surface area contributed by atoms with E-state index in [9.17, 15) is 4.79 Å². The van der Waals surface area contributed by atoms with Crippen LogP contribution >= 0.6 is 0 Å². The summed E-state index contributed by atoms with van der Waals surface area (Å²) in [6, 6.07) is 8.30. The Balaban J connectivity index is 0.000000162. The molecule has 2 rings (SSSR count). The van der Waals surface area contributed by atoms with Gasteiger partial charge in [0.1, 0.15) is 0 Å². The van der Waals surface area contributed by atoms with Crippen LogP contribution in [0, 0.1) is 6.42 Å². The van der Waals surface area contributed by atoms with Gasteiger partial charge in [-0.3, -0.25) is 0 Å². The normalized spacial score (nSPS) is 14.9. The van der Waals surface area contributed by atoms with Gasteiger partial charge in [0.05, 0.1) is 5.56 Å². The van der Waals surface area contributed by atoms with Crippen molar-refractivity contribution in [3.8, 4) is 0 Å². The molecule has 0 aliphatic heterocycles. The quantitative estimate of drug-likeness (QED) is 0.761. The molecule has 0 amide bonds. The zero-order chi connectivity index (χ0) is 10.9. The minimum atomic E-state index is -0.879. The monoisotopic (exact) mass is 205 g/mol. The summed E-state index contributed by atoms with van der Waals surface area (Å²) < 4.78 is 0. The summed E-state index contributed by atoms with van der Waals surface area (Å²) in [6.45, 7) is 0. The molecule has 15 heavy (non-hydrogen) atoms. The maximum absolute atomic E-state index is 10.2. The van der Waals surface area contributed by atoms with Gasteiger partial charge in [-0.2, -0.15) is 0 Å². The topological polar surface area (TPSA) is 37.3 Å². The highest BCUT2D eigenvalue weighted by Gasteiger charge is 1.96. The van der Waals surface area contributed by atoms with Crippen LogP contribution in [-0.2, 0) is 0 Å². The third kappa shape index (κ3) is 5.21. The van der Waals surface area contributed by atoms with E-state index in [1.165, 1.54) is 32.1 Å². The molecule has 1 fully saturated rings. The number of rotatable bonds is 1. The third-order valence-electron chi connectivity index (χ3n) is 2.34. The average molecular weight is 205 g/mol. The van der Waals surface area contributed by atoms with Crippen molar-refractivity contribution in [2.45, 2.75) is 32.1 Å². The minimum Gasteiger partial charge on any atom is -0.478 e. The first kappa shape index (κ1) is 11.8. The van der Waals surface area contributed by atoms with Gasteiger partial charge in [-0.15, -0.1) is 0 Å². The highest BCUT2D eigenvalue weighted by atomic mass is 16.4. The summed E-state index contributed by atoms with van der Waals surface area (Å²) in [6.07, 6.45) is 9.50. The van der Waals surface area contributed by atoms with Crippen molar-refractivity contribution in [2.24, 2.45) is 0 Å². The molecular formula is C13H17O2. The summed E-state index contributed by atoms with van der Waals surface area (Å²) >= 11 is 0. The summed E-state index contributed by atoms with van der Waals surface area (Å²) in [7, 11) is 0. The van der Waals surface area contributed by atoms with Crippen molar-refractivity contribution >= 4 is 5.97 Å². The fourth-order valence-corrected chi connectivity index (χ4v) is 1.48. The van der Waals surface area contributed by atoms with E-state index in [2.05, 4.69) is 6.42 Å². The lowest BCUT2D eigenvalue weighted by atomic mass is 10.0. The van der Waals surface area contributed by atoms with E-state index >= 15 is 0 Å². The standard InChI is InChI=1S/C7H6O2.C6H11/c8-7(9)6-4-2-1-3-5-6;1-2-4-6-5-3-1/h1-5H,(H,8,9);1H,2-6H2. The lowest BCUT2D eigenvalue weighted by molar-refractivity contribution is 0.0697. The second-order valence-corrected chi connectivity index (χ2v) is 3.60. The van der Waals surface area contributed by atoms with Crippen LogP contribution in [0.5, 0.6) is 0 Å².